The summed E-state index contributed by atoms with van der Waals surface area (Å²) < 4.78 is 0. The monoisotopic (exact) mass is 182 g/mol. The maximum absolute atomic E-state index is 10.9. The predicted molar refractivity (Wildman–Crippen MR) is 53.3 cm³/mol. The van der Waals surface area contributed by atoms with Crippen LogP contribution in [0.15, 0.2) is 24.3 Å². The molecule has 12 heavy (non-hydrogen) atoms. The van der Waals surface area contributed by atoms with Gasteiger partial charge in [0.25, 0.3) is 0 Å². The third kappa shape index (κ3) is 2.47. The fraction of sp³-hybridized carbons (Fsp3) is 0.125. The molecular formula is C8H10N2OS. The highest BCUT2D eigenvalue weighted by Gasteiger charge is 1.97. The van der Waals surface area contributed by atoms with Crippen LogP contribution in [0.5, 0.6) is 0 Å². The number of hydrogen-bond acceptors (Lipinski definition) is 3. The lowest BCUT2D eigenvalue weighted by molar-refractivity contribution is -0.113. The molecule has 1 aromatic carbocycles. The molecule has 0 aliphatic rings. The van der Waals surface area contributed by atoms with Crippen molar-refractivity contribution in [3.05, 3.63) is 24.3 Å². The molecule has 0 aliphatic heterocycles. The zero-order chi connectivity index (χ0) is 8.97. The van der Waals surface area contributed by atoms with Gasteiger partial charge < -0.3 is 11.1 Å². The van der Waals surface area contributed by atoms with Crippen molar-refractivity contribution in [3.8, 4) is 0 Å². The number of nitrogen functional groups attached to an aromatic ring is 1. The first-order valence-corrected chi connectivity index (χ1v) is 4.12. The highest BCUT2D eigenvalue weighted by Crippen LogP contribution is 2.11. The number of carbonyl (C=O) groups excluding carboxylic acids is 1. The van der Waals surface area contributed by atoms with Crippen molar-refractivity contribution in [2.75, 3.05) is 16.8 Å². The van der Waals surface area contributed by atoms with Crippen LogP contribution in [0.25, 0.3) is 0 Å². The number of amides is 1. The maximum atomic E-state index is 10.9. The number of nitrogens with two attached hydrogens (primary N) is 1. The average Bonchev–Trinajstić information content (AvgIpc) is 2.04. The van der Waals surface area contributed by atoms with E-state index in [4.69, 9.17) is 5.73 Å². The SMILES string of the molecule is Nc1cccc(NC(=O)CS)c1. The van der Waals surface area contributed by atoms with E-state index in [1.54, 1.807) is 24.3 Å². The predicted octanol–water partition coefficient (Wildman–Crippen LogP) is 1.14. The van der Waals surface area contributed by atoms with E-state index < -0.39 is 0 Å². The van der Waals surface area contributed by atoms with Crippen LogP contribution in [0.4, 0.5) is 11.4 Å². The Hall–Kier alpha value is -1.16. The summed E-state index contributed by atoms with van der Waals surface area (Å²) in [7, 11) is 0. The van der Waals surface area contributed by atoms with Crippen LogP contribution >= 0.6 is 12.6 Å². The van der Waals surface area contributed by atoms with E-state index in [9.17, 15) is 4.79 Å². The zero-order valence-electron chi connectivity index (χ0n) is 6.45. The number of hydrogen-bond donors (Lipinski definition) is 3. The van der Waals surface area contributed by atoms with Gasteiger partial charge in [-0.15, -0.1) is 0 Å². The van der Waals surface area contributed by atoms with Gasteiger partial charge in [0.2, 0.25) is 5.91 Å². The number of thiol groups is 1. The summed E-state index contributed by atoms with van der Waals surface area (Å²) >= 11 is 3.83. The van der Waals surface area contributed by atoms with Gasteiger partial charge in [-0.3, -0.25) is 4.79 Å². The summed E-state index contributed by atoms with van der Waals surface area (Å²) in [6.45, 7) is 0. The van der Waals surface area contributed by atoms with E-state index in [0.29, 0.717) is 11.4 Å². The molecule has 1 amide bonds. The van der Waals surface area contributed by atoms with Crippen molar-refractivity contribution < 1.29 is 4.79 Å². The van der Waals surface area contributed by atoms with Crippen molar-refractivity contribution >= 4 is 29.9 Å². The van der Waals surface area contributed by atoms with E-state index in [-0.39, 0.29) is 11.7 Å². The second-order valence-corrected chi connectivity index (χ2v) is 2.65. The summed E-state index contributed by atoms with van der Waals surface area (Å²) in [6, 6.07) is 7.01. The summed E-state index contributed by atoms with van der Waals surface area (Å²) in [5.41, 5.74) is 6.84. The van der Waals surface area contributed by atoms with Crippen LogP contribution in [-0.4, -0.2) is 11.7 Å². The number of rotatable bonds is 2. The van der Waals surface area contributed by atoms with Crippen LogP contribution in [0, 0.1) is 0 Å². The summed E-state index contributed by atoms with van der Waals surface area (Å²) in [4.78, 5) is 10.9. The van der Waals surface area contributed by atoms with Gasteiger partial charge in [-0.25, -0.2) is 0 Å². The summed E-state index contributed by atoms with van der Waals surface area (Å²) in [5.74, 6) is 0.0401. The molecule has 0 saturated heterocycles. The average molecular weight is 182 g/mol. The third-order valence-electron chi connectivity index (χ3n) is 1.31. The minimum atomic E-state index is -0.135. The molecule has 0 bridgehead atoms. The second-order valence-electron chi connectivity index (χ2n) is 2.33. The third-order valence-corrected chi connectivity index (χ3v) is 1.60. The van der Waals surface area contributed by atoms with Gasteiger partial charge in [0.15, 0.2) is 0 Å². The van der Waals surface area contributed by atoms with Crippen molar-refractivity contribution in [1.82, 2.24) is 0 Å². The van der Waals surface area contributed by atoms with E-state index >= 15 is 0 Å². The molecule has 4 heteroatoms. The largest absolute Gasteiger partial charge is 0.399 e. The van der Waals surface area contributed by atoms with Crippen LogP contribution in [0.1, 0.15) is 0 Å². The van der Waals surface area contributed by atoms with Crippen LogP contribution in [-0.2, 0) is 4.79 Å². The second kappa shape index (κ2) is 4.01. The minimum absolute atomic E-state index is 0.135. The molecule has 0 heterocycles. The molecule has 3 N–H and O–H groups in total. The van der Waals surface area contributed by atoms with Gasteiger partial charge in [0.05, 0.1) is 5.75 Å². The molecule has 3 nitrogen and oxygen atoms in total. The summed E-state index contributed by atoms with van der Waals surface area (Å²) in [5, 5.41) is 2.64. The lowest BCUT2D eigenvalue weighted by Crippen LogP contribution is -2.12. The molecule has 0 aromatic heterocycles. The van der Waals surface area contributed by atoms with Gasteiger partial charge in [0, 0.05) is 11.4 Å². The van der Waals surface area contributed by atoms with Crippen molar-refractivity contribution in [3.63, 3.8) is 0 Å². The molecule has 0 spiro atoms. The van der Waals surface area contributed by atoms with Crippen LogP contribution in [0.2, 0.25) is 0 Å². The van der Waals surface area contributed by atoms with Gasteiger partial charge in [0.1, 0.15) is 0 Å². The highest BCUT2D eigenvalue weighted by atomic mass is 32.1. The smallest absolute Gasteiger partial charge is 0.234 e. The number of anilines is 2. The molecular weight excluding hydrogens is 172 g/mol. The topological polar surface area (TPSA) is 55.1 Å². The maximum Gasteiger partial charge on any atom is 0.234 e. The Morgan fingerprint density at radius 1 is 1.58 bits per heavy atom. The first-order chi connectivity index (χ1) is 5.72. The molecule has 0 saturated carbocycles. The number of benzene rings is 1. The quantitative estimate of drug-likeness (QED) is 0.474. The summed E-state index contributed by atoms with van der Waals surface area (Å²) in [6.07, 6.45) is 0. The fourth-order valence-corrected chi connectivity index (χ4v) is 0.896. The Bertz CT molecular complexity index is 288. The molecule has 0 unspecified atom stereocenters. The minimum Gasteiger partial charge on any atom is -0.399 e. The Kier molecular flexibility index (Phi) is 2.99. The van der Waals surface area contributed by atoms with Gasteiger partial charge in [-0.05, 0) is 18.2 Å². The Morgan fingerprint density at radius 2 is 2.33 bits per heavy atom. The molecule has 0 aliphatic carbocycles. The van der Waals surface area contributed by atoms with Gasteiger partial charge in [-0.1, -0.05) is 6.07 Å². The van der Waals surface area contributed by atoms with E-state index in [0.717, 1.165) is 0 Å². The van der Waals surface area contributed by atoms with E-state index in [2.05, 4.69) is 17.9 Å². The number of nitrogens with one attached hydrogen (secondary N) is 1. The first-order valence-electron chi connectivity index (χ1n) is 3.48. The normalized spacial score (nSPS) is 9.42. The molecule has 1 rings (SSSR count). The van der Waals surface area contributed by atoms with Crippen LogP contribution in [0.3, 0.4) is 0 Å². The zero-order valence-corrected chi connectivity index (χ0v) is 7.34. The highest BCUT2D eigenvalue weighted by molar-refractivity contribution is 7.81. The van der Waals surface area contributed by atoms with Gasteiger partial charge in [-0.2, -0.15) is 12.6 Å². The molecule has 64 valence electrons. The lowest BCUT2D eigenvalue weighted by atomic mass is 10.3. The molecule has 0 radical (unpaired) electrons. The Morgan fingerprint density at radius 3 is 2.92 bits per heavy atom. The standard InChI is InChI=1S/C8H10N2OS/c9-6-2-1-3-7(4-6)10-8(11)5-12/h1-4,12H,5,9H2,(H,10,11). The Balaban J connectivity index is 2.69. The van der Waals surface area contributed by atoms with Crippen LogP contribution < -0.4 is 11.1 Å². The molecule has 0 fully saturated rings. The van der Waals surface area contributed by atoms with Crippen molar-refractivity contribution in [2.24, 2.45) is 0 Å². The lowest BCUT2D eigenvalue weighted by Gasteiger charge is -2.02. The van der Waals surface area contributed by atoms with Crippen molar-refractivity contribution in [2.45, 2.75) is 0 Å². The Labute approximate surface area is 76.4 Å². The number of carbonyl (C=O) groups is 1. The molecule has 0 atom stereocenters. The van der Waals surface area contributed by atoms with Gasteiger partial charge >= 0.3 is 0 Å². The first kappa shape index (κ1) is 8.93. The van der Waals surface area contributed by atoms with E-state index in [1.165, 1.54) is 0 Å². The fourth-order valence-electron chi connectivity index (χ4n) is 0.817. The van der Waals surface area contributed by atoms with E-state index in [1.807, 2.05) is 0 Å². The molecule has 1 aromatic rings. The van der Waals surface area contributed by atoms with Crippen molar-refractivity contribution in [1.29, 1.82) is 0 Å².